The van der Waals surface area contributed by atoms with Crippen LogP contribution in [0.5, 0.6) is 11.6 Å². The van der Waals surface area contributed by atoms with Crippen LogP contribution in [0.2, 0.25) is 0 Å². The Morgan fingerprint density at radius 3 is 1.98 bits per heavy atom. The molecule has 2 N–H and O–H groups in total. The number of carbonyl (C=O) groups is 2. The third-order valence-electron chi connectivity index (χ3n) is 5.97. The zero-order chi connectivity index (χ0) is 25.7. The van der Waals surface area contributed by atoms with Gasteiger partial charge in [0.15, 0.2) is 5.78 Å². The van der Waals surface area contributed by atoms with Gasteiger partial charge in [-0.1, -0.05) is 60.7 Å². The largest absolute Gasteiger partial charge is 0.512 e. The molecule has 0 aliphatic heterocycles. The van der Waals surface area contributed by atoms with E-state index in [0.29, 0.717) is 35.4 Å². The normalized spacial score (nSPS) is 10.4. The van der Waals surface area contributed by atoms with Gasteiger partial charge in [-0.05, 0) is 44.0 Å². The Kier molecular flexibility index (Phi) is 15.2. The topological polar surface area (TPSA) is 91.9 Å². The number of Topliss-reactive ketones (excluding diaryl/α,β-unsaturated/α-hetero) is 1. The first kappa shape index (κ1) is 37.1. The number of H-pyrrole nitrogens is 1. The smallest absolute Gasteiger partial charge is 0.487 e. The molecule has 218 valence electrons. The first-order valence-electron chi connectivity index (χ1n) is 11.8. The summed E-state index contributed by atoms with van der Waals surface area (Å²) in [6.07, 6.45) is -1.44. The maximum atomic E-state index is 13.6. The highest BCUT2D eigenvalue weighted by atomic mass is 35.5. The summed E-state index contributed by atoms with van der Waals surface area (Å²) in [5, 5.41) is 9.64. The maximum Gasteiger partial charge on any atom is 0.512 e. The molecule has 0 saturated heterocycles. The molecule has 0 unspecified atom stereocenters. The minimum atomic E-state index is -1.44. The number of aromatic nitrogens is 1. The second kappa shape index (κ2) is 16.4. The van der Waals surface area contributed by atoms with E-state index in [1.807, 2.05) is 60.7 Å². The minimum absolute atomic E-state index is 0. The standard InChI is InChI=1S/C29H30N2O5.4ClH/c1-29(2,3)31(17-20-10-6-4-7-11-20)18-24(32)22-14-15-25(35-19-21-12-8-5-9-13-21)27-23(22)16-26(30-27)36-28(33)34;;;;/h4-16,30H,17-19H2,1-3H3,(H,33,34);4*1H. The lowest BCUT2D eigenvalue weighted by molar-refractivity contribution is 0.0795. The minimum Gasteiger partial charge on any atom is -0.487 e. The third kappa shape index (κ3) is 9.61. The van der Waals surface area contributed by atoms with Crippen LogP contribution in [-0.4, -0.2) is 39.0 Å². The molecule has 7 nitrogen and oxygen atoms in total. The summed E-state index contributed by atoms with van der Waals surface area (Å²) in [7, 11) is 0. The first-order chi connectivity index (χ1) is 17.2. The summed E-state index contributed by atoms with van der Waals surface area (Å²) < 4.78 is 10.9. The van der Waals surface area contributed by atoms with Crippen LogP contribution in [0.3, 0.4) is 0 Å². The van der Waals surface area contributed by atoms with E-state index in [1.54, 1.807) is 12.1 Å². The Hall–Kier alpha value is -2.94. The van der Waals surface area contributed by atoms with Gasteiger partial charge in [-0.15, -0.1) is 49.6 Å². The number of nitrogens with zero attached hydrogens (tertiary/aromatic N) is 1. The predicted molar refractivity (Wildman–Crippen MR) is 168 cm³/mol. The molecule has 40 heavy (non-hydrogen) atoms. The molecule has 0 spiro atoms. The molecule has 1 heterocycles. The number of halogens is 4. The second-order valence-electron chi connectivity index (χ2n) is 9.61. The number of benzene rings is 3. The van der Waals surface area contributed by atoms with Crippen LogP contribution in [0.4, 0.5) is 4.79 Å². The van der Waals surface area contributed by atoms with E-state index in [-0.39, 0.29) is 73.4 Å². The van der Waals surface area contributed by atoms with Gasteiger partial charge in [0.2, 0.25) is 5.88 Å². The highest BCUT2D eigenvalue weighted by Gasteiger charge is 2.26. The van der Waals surface area contributed by atoms with Gasteiger partial charge < -0.3 is 19.6 Å². The molecule has 1 aromatic heterocycles. The lowest BCUT2D eigenvalue weighted by Gasteiger charge is -2.35. The van der Waals surface area contributed by atoms with Gasteiger partial charge in [0, 0.05) is 29.1 Å². The second-order valence-corrected chi connectivity index (χ2v) is 9.61. The van der Waals surface area contributed by atoms with Crippen LogP contribution in [0.25, 0.3) is 10.9 Å². The van der Waals surface area contributed by atoms with Crippen molar-refractivity contribution in [3.05, 3.63) is 95.6 Å². The van der Waals surface area contributed by atoms with E-state index in [1.165, 1.54) is 6.07 Å². The number of hydrogen-bond donors (Lipinski definition) is 2. The summed E-state index contributed by atoms with van der Waals surface area (Å²) >= 11 is 0. The van der Waals surface area contributed by atoms with Gasteiger partial charge in [0.05, 0.1) is 12.1 Å². The Morgan fingerprint density at radius 1 is 0.850 bits per heavy atom. The molecule has 11 heteroatoms. The lowest BCUT2D eigenvalue weighted by Crippen LogP contribution is -2.43. The van der Waals surface area contributed by atoms with Crippen LogP contribution in [0.15, 0.2) is 78.9 Å². The highest BCUT2D eigenvalue weighted by molar-refractivity contribution is 6.10. The van der Waals surface area contributed by atoms with Crippen molar-refractivity contribution in [3.8, 4) is 11.6 Å². The quantitative estimate of drug-likeness (QED) is 0.144. The van der Waals surface area contributed by atoms with Gasteiger partial charge in [-0.25, -0.2) is 4.79 Å². The van der Waals surface area contributed by atoms with E-state index in [0.717, 1.165) is 11.1 Å². The van der Waals surface area contributed by atoms with Crippen molar-refractivity contribution in [2.24, 2.45) is 0 Å². The summed E-state index contributed by atoms with van der Waals surface area (Å²) in [5.41, 5.74) is 2.84. The summed E-state index contributed by atoms with van der Waals surface area (Å²) in [5.74, 6) is 0.447. The van der Waals surface area contributed by atoms with E-state index in [2.05, 4.69) is 30.7 Å². The summed E-state index contributed by atoms with van der Waals surface area (Å²) in [6.45, 7) is 7.37. The molecule has 3 aromatic carbocycles. The van der Waals surface area contributed by atoms with Crippen molar-refractivity contribution in [1.82, 2.24) is 9.88 Å². The van der Waals surface area contributed by atoms with Gasteiger partial charge in [0.25, 0.3) is 0 Å². The summed E-state index contributed by atoms with van der Waals surface area (Å²) in [6, 6.07) is 24.7. The van der Waals surface area contributed by atoms with Gasteiger partial charge >= 0.3 is 6.16 Å². The van der Waals surface area contributed by atoms with E-state index in [4.69, 9.17) is 14.6 Å². The number of rotatable bonds is 9. The van der Waals surface area contributed by atoms with Crippen molar-refractivity contribution in [1.29, 1.82) is 0 Å². The maximum absolute atomic E-state index is 13.6. The van der Waals surface area contributed by atoms with Crippen molar-refractivity contribution in [2.45, 2.75) is 39.5 Å². The Bertz CT molecular complexity index is 1360. The Labute approximate surface area is 258 Å². The van der Waals surface area contributed by atoms with Crippen LogP contribution in [-0.2, 0) is 13.2 Å². The highest BCUT2D eigenvalue weighted by Crippen LogP contribution is 2.33. The molecule has 0 fully saturated rings. The molecule has 0 bridgehead atoms. The number of ketones is 1. The van der Waals surface area contributed by atoms with Gasteiger partial charge in [-0.2, -0.15) is 0 Å². The number of carboxylic acid groups (broad SMARTS) is 1. The lowest BCUT2D eigenvalue weighted by atomic mass is 10.0. The summed E-state index contributed by atoms with van der Waals surface area (Å²) in [4.78, 5) is 29.8. The molecule has 0 atom stereocenters. The fourth-order valence-electron chi connectivity index (χ4n) is 4.01. The van der Waals surface area contributed by atoms with Crippen molar-refractivity contribution in [2.75, 3.05) is 6.54 Å². The predicted octanol–water partition coefficient (Wildman–Crippen LogP) is 7.97. The number of fused-ring (bicyclic) bond motifs is 1. The molecular formula is C29H34Cl4N2O5. The number of ether oxygens (including phenoxy) is 2. The number of carbonyl (C=O) groups excluding carboxylic acids is 1. The molecule has 0 aliphatic carbocycles. The molecule has 4 rings (SSSR count). The van der Waals surface area contributed by atoms with E-state index >= 15 is 0 Å². The SMILES string of the molecule is CC(C)(C)N(CC(=O)c1ccc(OCc2ccccc2)c2[nH]c(OC(=O)O)cc12)Cc1ccccc1.Cl.Cl.Cl.Cl. The number of nitrogens with one attached hydrogen (secondary N) is 1. The molecular weight excluding hydrogens is 598 g/mol. The fourth-order valence-corrected chi connectivity index (χ4v) is 4.01. The zero-order valence-electron chi connectivity index (χ0n) is 22.3. The third-order valence-corrected chi connectivity index (χ3v) is 5.97. The zero-order valence-corrected chi connectivity index (χ0v) is 25.6. The monoisotopic (exact) mass is 630 g/mol. The molecule has 0 saturated carbocycles. The average Bonchev–Trinajstić information content (AvgIpc) is 3.25. The first-order valence-corrected chi connectivity index (χ1v) is 11.8. The van der Waals surface area contributed by atoms with Gasteiger partial charge in [0.1, 0.15) is 12.4 Å². The van der Waals surface area contributed by atoms with Crippen molar-refractivity contribution in [3.63, 3.8) is 0 Å². The number of aromatic amines is 1. The molecule has 0 radical (unpaired) electrons. The molecule has 4 aromatic rings. The fraction of sp³-hybridized carbons (Fsp3) is 0.241. The van der Waals surface area contributed by atoms with E-state index in [9.17, 15) is 9.59 Å². The van der Waals surface area contributed by atoms with Crippen LogP contribution in [0, 0.1) is 0 Å². The van der Waals surface area contributed by atoms with Crippen LogP contribution >= 0.6 is 49.6 Å². The van der Waals surface area contributed by atoms with Crippen LogP contribution < -0.4 is 9.47 Å². The van der Waals surface area contributed by atoms with Gasteiger partial charge in [-0.3, -0.25) is 9.69 Å². The van der Waals surface area contributed by atoms with Crippen molar-refractivity contribution >= 4 is 72.5 Å². The average molecular weight is 632 g/mol. The Balaban J connectivity index is 0.00000380. The van der Waals surface area contributed by atoms with E-state index < -0.39 is 6.16 Å². The number of hydrogen-bond acceptors (Lipinski definition) is 5. The molecule has 0 amide bonds. The Morgan fingerprint density at radius 2 is 1.43 bits per heavy atom. The van der Waals surface area contributed by atoms with Crippen molar-refractivity contribution < 1.29 is 24.2 Å². The molecule has 0 aliphatic rings. The van der Waals surface area contributed by atoms with Crippen LogP contribution in [0.1, 0.15) is 42.3 Å².